The van der Waals surface area contributed by atoms with E-state index in [0.29, 0.717) is 42.8 Å². The molecule has 164 valence electrons. The largest absolute Gasteiger partial charge is 0.490 e. The molecule has 1 aromatic heterocycles. The van der Waals surface area contributed by atoms with Gasteiger partial charge in [0.25, 0.3) is 5.22 Å². The number of hydrogen-bond acceptors (Lipinski definition) is 8. The first kappa shape index (κ1) is 21.8. The number of morpholine rings is 1. The minimum Gasteiger partial charge on any atom is -0.490 e. The number of nitrogens with zero attached hydrogens (tertiary/aromatic N) is 3. The highest BCUT2D eigenvalue weighted by Gasteiger charge is 2.26. The maximum Gasteiger partial charge on any atom is 0.276 e. The van der Waals surface area contributed by atoms with Crippen molar-refractivity contribution in [1.29, 1.82) is 0 Å². The molecule has 2 heterocycles. The lowest BCUT2D eigenvalue weighted by Crippen LogP contribution is -2.40. The fourth-order valence-electron chi connectivity index (χ4n) is 2.95. The molecule has 0 radical (unpaired) electrons. The van der Waals surface area contributed by atoms with Crippen LogP contribution >= 0.6 is 11.8 Å². The Balaban J connectivity index is 1.38. The summed E-state index contributed by atoms with van der Waals surface area (Å²) in [5.74, 6) is 0.463. The summed E-state index contributed by atoms with van der Waals surface area (Å²) < 4.78 is 56.9. The average molecular weight is 466 g/mol. The van der Waals surface area contributed by atoms with Crippen molar-refractivity contribution in [3.8, 4) is 17.2 Å². The van der Waals surface area contributed by atoms with Crippen LogP contribution in [0.4, 0.5) is 4.39 Å². The molecule has 0 saturated carbocycles. The van der Waals surface area contributed by atoms with Crippen LogP contribution in [0, 0.1) is 5.82 Å². The van der Waals surface area contributed by atoms with Crippen molar-refractivity contribution in [2.24, 2.45) is 0 Å². The van der Waals surface area contributed by atoms with Gasteiger partial charge >= 0.3 is 0 Å². The third-order valence-electron chi connectivity index (χ3n) is 4.50. The van der Waals surface area contributed by atoms with Crippen molar-refractivity contribution in [3.05, 3.63) is 54.3 Å². The van der Waals surface area contributed by atoms with Crippen molar-refractivity contribution in [2.45, 2.75) is 10.1 Å². The SMILES string of the molecule is O=S(=O)(c1cccc(-c2nnc(SCCOc3ccccc3F)o2)c1)N1CCOCC1. The molecule has 1 aliphatic heterocycles. The summed E-state index contributed by atoms with van der Waals surface area (Å²) in [6, 6.07) is 12.6. The minimum absolute atomic E-state index is 0.164. The molecule has 31 heavy (non-hydrogen) atoms. The summed E-state index contributed by atoms with van der Waals surface area (Å²) in [5, 5.41) is 8.30. The summed E-state index contributed by atoms with van der Waals surface area (Å²) in [4.78, 5) is 0.164. The van der Waals surface area contributed by atoms with E-state index in [2.05, 4.69) is 10.2 Å². The van der Waals surface area contributed by atoms with Gasteiger partial charge in [0.15, 0.2) is 11.6 Å². The highest BCUT2D eigenvalue weighted by molar-refractivity contribution is 7.99. The molecule has 1 aliphatic rings. The molecule has 3 aromatic rings. The van der Waals surface area contributed by atoms with E-state index in [-0.39, 0.29) is 23.1 Å². The first-order valence-corrected chi connectivity index (χ1v) is 12.0. The van der Waals surface area contributed by atoms with E-state index in [0.717, 1.165) is 0 Å². The molecule has 2 aromatic carbocycles. The predicted octanol–water partition coefficient (Wildman–Crippen LogP) is 3.07. The molecule has 1 fully saturated rings. The van der Waals surface area contributed by atoms with Crippen molar-refractivity contribution in [2.75, 3.05) is 38.7 Å². The third-order valence-corrected chi connectivity index (χ3v) is 7.18. The number of aromatic nitrogens is 2. The van der Waals surface area contributed by atoms with E-state index < -0.39 is 15.8 Å². The van der Waals surface area contributed by atoms with E-state index in [1.807, 2.05) is 0 Å². The minimum atomic E-state index is -3.62. The lowest BCUT2D eigenvalue weighted by molar-refractivity contribution is 0.0730. The van der Waals surface area contributed by atoms with Gasteiger partial charge in [-0.3, -0.25) is 0 Å². The molecule has 8 nitrogen and oxygen atoms in total. The number of hydrogen-bond donors (Lipinski definition) is 0. The van der Waals surface area contributed by atoms with Gasteiger partial charge in [0.2, 0.25) is 15.9 Å². The zero-order valence-electron chi connectivity index (χ0n) is 16.4. The van der Waals surface area contributed by atoms with Crippen LogP contribution in [0.15, 0.2) is 63.1 Å². The number of ether oxygens (including phenoxy) is 2. The fourth-order valence-corrected chi connectivity index (χ4v) is 4.98. The molecular weight excluding hydrogens is 445 g/mol. The summed E-state index contributed by atoms with van der Waals surface area (Å²) in [5.41, 5.74) is 0.510. The summed E-state index contributed by atoms with van der Waals surface area (Å²) in [6.45, 7) is 1.66. The Hall–Kier alpha value is -2.47. The van der Waals surface area contributed by atoms with Crippen LogP contribution in [0.25, 0.3) is 11.5 Å². The third kappa shape index (κ3) is 5.24. The number of halogens is 1. The smallest absolute Gasteiger partial charge is 0.276 e. The first-order chi connectivity index (χ1) is 15.0. The quantitative estimate of drug-likeness (QED) is 0.370. The van der Waals surface area contributed by atoms with Crippen LogP contribution < -0.4 is 4.74 Å². The number of sulfonamides is 1. The van der Waals surface area contributed by atoms with Gasteiger partial charge in [-0.15, -0.1) is 10.2 Å². The maximum absolute atomic E-state index is 13.5. The summed E-state index contributed by atoms with van der Waals surface area (Å²) >= 11 is 1.27. The molecule has 4 rings (SSSR count). The van der Waals surface area contributed by atoms with Gasteiger partial charge in [-0.2, -0.15) is 4.31 Å². The normalized spacial score (nSPS) is 15.1. The predicted molar refractivity (Wildman–Crippen MR) is 112 cm³/mol. The molecule has 1 saturated heterocycles. The average Bonchev–Trinajstić information content (AvgIpc) is 3.27. The second-order valence-electron chi connectivity index (χ2n) is 6.54. The van der Waals surface area contributed by atoms with E-state index in [1.165, 1.54) is 28.2 Å². The number of benzene rings is 2. The summed E-state index contributed by atoms with van der Waals surface area (Å²) in [6.07, 6.45) is 0. The Kier molecular flexibility index (Phi) is 6.86. The van der Waals surface area contributed by atoms with Crippen LogP contribution in [0.1, 0.15) is 0 Å². The van der Waals surface area contributed by atoms with E-state index >= 15 is 0 Å². The molecule has 0 atom stereocenters. The van der Waals surface area contributed by atoms with Gasteiger partial charge in [0, 0.05) is 24.4 Å². The topological polar surface area (TPSA) is 94.8 Å². The van der Waals surface area contributed by atoms with Crippen LogP contribution in [-0.2, 0) is 14.8 Å². The highest BCUT2D eigenvalue weighted by Crippen LogP contribution is 2.26. The van der Waals surface area contributed by atoms with Gasteiger partial charge in [-0.1, -0.05) is 30.0 Å². The zero-order chi connectivity index (χ0) is 21.7. The molecule has 0 spiro atoms. The lowest BCUT2D eigenvalue weighted by Gasteiger charge is -2.26. The highest BCUT2D eigenvalue weighted by atomic mass is 32.2. The van der Waals surface area contributed by atoms with Crippen LogP contribution in [0.3, 0.4) is 0 Å². The van der Waals surface area contributed by atoms with E-state index in [1.54, 1.807) is 36.4 Å². The molecule has 0 N–H and O–H groups in total. The molecule has 0 aliphatic carbocycles. The Morgan fingerprint density at radius 3 is 2.71 bits per heavy atom. The van der Waals surface area contributed by atoms with Gasteiger partial charge in [-0.05, 0) is 30.3 Å². The maximum atomic E-state index is 13.5. The number of thioether (sulfide) groups is 1. The van der Waals surface area contributed by atoms with Gasteiger partial charge in [-0.25, -0.2) is 12.8 Å². The Morgan fingerprint density at radius 1 is 1.10 bits per heavy atom. The van der Waals surface area contributed by atoms with Crippen molar-refractivity contribution < 1.29 is 26.7 Å². The van der Waals surface area contributed by atoms with E-state index in [9.17, 15) is 12.8 Å². The van der Waals surface area contributed by atoms with Crippen molar-refractivity contribution in [3.63, 3.8) is 0 Å². The Labute approximate surface area is 183 Å². The standard InChI is InChI=1S/C20H20FN3O5S2/c21-17-6-1-2-7-18(17)28-12-13-30-20-23-22-19(29-20)15-4-3-5-16(14-15)31(25,26)24-8-10-27-11-9-24/h1-7,14H,8-13H2. The second kappa shape index (κ2) is 9.77. The number of para-hydroxylation sites is 1. The van der Waals surface area contributed by atoms with Crippen LogP contribution in [-0.4, -0.2) is 61.6 Å². The van der Waals surface area contributed by atoms with Crippen molar-refractivity contribution in [1.82, 2.24) is 14.5 Å². The summed E-state index contributed by atoms with van der Waals surface area (Å²) in [7, 11) is -3.62. The first-order valence-electron chi connectivity index (χ1n) is 9.56. The second-order valence-corrected chi connectivity index (χ2v) is 9.53. The fraction of sp³-hybridized carbons (Fsp3) is 0.300. The van der Waals surface area contributed by atoms with Crippen LogP contribution in [0.2, 0.25) is 0 Å². The van der Waals surface area contributed by atoms with Gasteiger partial charge in [0.05, 0.1) is 24.7 Å². The molecule has 0 bridgehead atoms. The lowest BCUT2D eigenvalue weighted by atomic mass is 10.2. The molecule has 0 unspecified atom stereocenters. The zero-order valence-corrected chi connectivity index (χ0v) is 18.1. The molecule has 0 amide bonds. The van der Waals surface area contributed by atoms with Gasteiger partial charge < -0.3 is 13.9 Å². The van der Waals surface area contributed by atoms with Crippen LogP contribution in [0.5, 0.6) is 5.75 Å². The monoisotopic (exact) mass is 465 g/mol. The molecular formula is C20H20FN3O5S2. The van der Waals surface area contributed by atoms with E-state index in [4.69, 9.17) is 13.9 Å². The Morgan fingerprint density at radius 2 is 1.90 bits per heavy atom. The number of rotatable bonds is 8. The van der Waals surface area contributed by atoms with Gasteiger partial charge in [0.1, 0.15) is 0 Å². The van der Waals surface area contributed by atoms with Crippen molar-refractivity contribution >= 4 is 21.8 Å². The Bertz CT molecular complexity index is 1130. The molecule has 11 heteroatoms.